The largest absolute Gasteiger partial charge is 0.497 e. The van der Waals surface area contributed by atoms with Crippen molar-refractivity contribution < 1.29 is 4.74 Å². The molecule has 0 N–H and O–H groups in total. The van der Waals surface area contributed by atoms with E-state index >= 15 is 0 Å². The van der Waals surface area contributed by atoms with Gasteiger partial charge >= 0.3 is 0 Å². The molecule has 2 aromatic rings. The molecule has 1 atom stereocenters. The summed E-state index contributed by atoms with van der Waals surface area (Å²) in [5.74, 6) is 0.911. The fourth-order valence-corrected chi connectivity index (χ4v) is 3.20. The second kappa shape index (κ2) is 7.15. The third kappa shape index (κ3) is 3.92. The molecule has 0 spiro atoms. The fourth-order valence-electron chi connectivity index (χ4n) is 3.20. The van der Waals surface area contributed by atoms with Gasteiger partial charge in [0.2, 0.25) is 0 Å². The molecule has 0 amide bonds. The molecule has 1 aliphatic heterocycles. The molecule has 3 rings (SSSR count). The minimum atomic E-state index is 0.453. The highest BCUT2D eigenvalue weighted by Gasteiger charge is 2.25. The molecule has 5 nitrogen and oxygen atoms in total. The molecule has 23 heavy (non-hydrogen) atoms. The summed E-state index contributed by atoms with van der Waals surface area (Å²) in [6, 6.07) is 11.0. The van der Waals surface area contributed by atoms with Gasteiger partial charge in [-0.1, -0.05) is 12.1 Å². The quantitative estimate of drug-likeness (QED) is 0.820. The van der Waals surface area contributed by atoms with E-state index in [1.807, 2.05) is 18.3 Å². The topological polar surface area (TPSA) is 33.5 Å². The molecule has 0 bridgehead atoms. The second-order valence-corrected chi connectivity index (χ2v) is 6.53. The van der Waals surface area contributed by atoms with E-state index in [0.717, 1.165) is 38.3 Å². The second-order valence-electron chi connectivity index (χ2n) is 6.53. The Balaban J connectivity index is 1.68. The smallest absolute Gasteiger partial charge is 0.118 e. The van der Waals surface area contributed by atoms with Gasteiger partial charge in [-0.2, -0.15) is 5.10 Å². The lowest BCUT2D eigenvalue weighted by molar-refractivity contribution is 0.155. The minimum absolute atomic E-state index is 0.453. The van der Waals surface area contributed by atoms with Crippen LogP contribution in [0.3, 0.4) is 0 Å². The van der Waals surface area contributed by atoms with Crippen LogP contribution in [0.15, 0.2) is 36.5 Å². The van der Waals surface area contributed by atoms with Crippen molar-refractivity contribution in [2.45, 2.75) is 25.6 Å². The van der Waals surface area contributed by atoms with Gasteiger partial charge in [-0.15, -0.1) is 0 Å². The van der Waals surface area contributed by atoms with Crippen LogP contribution in [0.2, 0.25) is 0 Å². The van der Waals surface area contributed by atoms with Gasteiger partial charge in [0, 0.05) is 25.8 Å². The van der Waals surface area contributed by atoms with Crippen molar-refractivity contribution >= 4 is 0 Å². The van der Waals surface area contributed by atoms with Crippen molar-refractivity contribution in [2.24, 2.45) is 0 Å². The number of hydrogen-bond donors (Lipinski definition) is 0. The first-order valence-electron chi connectivity index (χ1n) is 8.18. The van der Waals surface area contributed by atoms with Gasteiger partial charge in [-0.25, -0.2) is 0 Å². The van der Waals surface area contributed by atoms with Crippen molar-refractivity contribution in [3.05, 3.63) is 47.8 Å². The molecule has 0 unspecified atom stereocenters. The number of aromatic nitrogens is 2. The van der Waals surface area contributed by atoms with Crippen molar-refractivity contribution in [3.8, 4) is 5.75 Å². The third-order valence-electron chi connectivity index (χ3n) is 4.43. The molecule has 2 heterocycles. The summed E-state index contributed by atoms with van der Waals surface area (Å²) >= 11 is 0. The Bertz CT molecular complexity index is 620. The monoisotopic (exact) mass is 314 g/mol. The molecule has 5 heteroatoms. The standard InChI is InChI=1S/C18H26N4O/c1-20(2)11-9-17-14-21(13-16-8-10-19-22(16)17)12-15-4-6-18(23-3)7-5-15/h4-8,10,17H,9,11-14H2,1-3H3/t17-/m1/s1. The molecule has 124 valence electrons. The van der Waals surface area contributed by atoms with E-state index in [0.29, 0.717) is 6.04 Å². The van der Waals surface area contributed by atoms with Crippen molar-refractivity contribution in [1.29, 1.82) is 0 Å². The zero-order valence-corrected chi connectivity index (χ0v) is 14.3. The average molecular weight is 314 g/mol. The van der Waals surface area contributed by atoms with E-state index in [1.165, 1.54) is 11.3 Å². The summed E-state index contributed by atoms with van der Waals surface area (Å²) in [7, 11) is 5.96. The normalized spacial score (nSPS) is 18.2. The Morgan fingerprint density at radius 3 is 2.70 bits per heavy atom. The predicted octanol–water partition coefficient (Wildman–Crippen LogP) is 2.40. The number of fused-ring (bicyclic) bond motifs is 1. The Morgan fingerprint density at radius 1 is 1.22 bits per heavy atom. The SMILES string of the molecule is COc1ccc(CN2Cc3ccnn3[C@H](CCN(C)C)C2)cc1. The fraction of sp³-hybridized carbons (Fsp3) is 0.500. The molecule has 1 aromatic heterocycles. The van der Waals surface area contributed by atoms with Crippen LogP contribution in [0, 0.1) is 0 Å². The number of ether oxygens (including phenoxy) is 1. The van der Waals surface area contributed by atoms with Crippen LogP contribution in [-0.4, -0.2) is 53.9 Å². The van der Waals surface area contributed by atoms with Crippen LogP contribution in [-0.2, 0) is 13.1 Å². The van der Waals surface area contributed by atoms with Gasteiger partial charge in [-0.3, -0.25) is 9.58 Å². The number of rotatable bonds is 6. The zero-order valence-electron chi connectivity index (χ0n) is 14.3. The average Bonchev–Trinajstić information content (AvgIpc) is 3.02. The van der Waals surface area contributed by atoms with Crippen molar-refractivity contribution in [1.82, 2.24) is 19.6 Å². The third-order valence-corrected chi connectivity index (χ3v) is 4.43. The van der Waals surface area contributed by atoms with E-state index in [2.05, 4.69) is 51.9 Å². The first-order valence-corrected chi connectivity index (χ1v) is 8.18. The van der Waals surface area contributed by atoms with E-state index in [-0.39, 0.29) is 0 Å². The maximum atomic E-state index is 5.24. The highest BCUT2D eigenvalue weighted by Crippen LogP contribution is 2.24. The Kier molecular flexibility index (Phi) is 4.98. The van der Waals surface area contributed by atoms with E-state index in [9.17, 15) is 0 Å². The lowest BCUT2D eigenvalue weighted by Gasteiger charge is -2.34. The Labute approximate surface area is 138 Å². The van der Waals surface area contributed by atoms with Crippen molar-refractivity contribution in [2.75, 3.05) is 34.3 Å². The number of nitrogens with zero attached hydrogens (tertiary/aromatic N) is 4. The van der Waals surface area contributed by atoms with Gasteiger partial charge in [-0.05, 0) is 50.8 Å². The maximum absolute atomic E-state index is 5.24. The predicted molar refractivity (Wildman–Crippen MR) is 91.5 cm³/mol. The minimum Gasteiger partial charge on any atom is -0.497 e. The molecular formula is C18H26N4O. The van der Waals surface area contributed by atoms with Crippen LogP contribution in [0.5, 0.6) is 5.75 Å². The van der Waals surface area contributed by atoms with Crippen LogP contribution >= 0.6 is 0 Å². The first-order chi connectivity index (χ1) is 11.2. The Hall–Kier alpha value is -1.85. The molecular weight excluding hydrogens is 288 g/mol. The lowest BCUT2D eigenvalue weighted by atomic mass is 10.1. The summed E-state index contributed by atoms with van der Waals surface area (Å²) in [6.45, 7) is 4.06. The van der Waals surface area contributed by atoms with Crippen LogP contribution in [0.25, 0.3) is 0 Å². The van der Waals surface area contributed by atoms with Gasteiger partial charge in [0.15, 0.2) is 0 Å². The molecule has 1 aromatic carbocycles. The molecule has 0 fully saturated rings. The van der Waals surface area contributed by atoms with E-state index in [4.69, 9.17) is 4.74 Å². The Morgan fingerprint density at radius 2 is 2.00 bits per heavy atom. The number of methoxy groups -OCH3 is 1. The molecule has 0 radical (unpaired) electrons. The molecule has 1 aliphatic rings. The zero-order chi connectivity index (χ0) is 16.2. The maximum Gasteiger partial charge on any atom is 0.118 e. The molecule has 0 saturated carbocycles. The summed E-state index contributed by atoms with van der Waals surface area (Å²) < 4.78 is 7.45. The summed E-state index contributed by atoms with van der Waals surface area (Å²) in [5.41, 5.74) is 2.64. The van der Waals surface area contributed by atoms with Crippen LogP contribution < -0.4 is 4.74 Å². The summed E-state index contributed by atoms with van der Waals surface area (Å²) in [4.78, 5) is 4.75. The van der Waals surface area contributed by atoms with E-state index in [1.54, 1.807) is 7.11 Å². The molecule has 0 saturated heterocycles. The highest BCUT2D eigenvalue weighted by molar-refractivity contribution is 5.27. The molecule has 0 aliphatic carbocycles. The van der Waals surface area contributed by atoms with Gasteiger partial charge in [0.05, 0.1) is 18.8 Å². The summed E-state index contributed by atoms with van der Waals surface area (Å²) in [5, 5.41) is 4.54. The van der Waals surface area contributed by atoms with Gasteiger partial charge < -0.3 is 9.64 Å². The van der Waals surface area contributed by atoms with Crippen LogP contribution in [0.1, 0.15) is 23.7 Å². The van der Waals surface area contributed by atoms with Gasteiger partial charge in [0.25, 0.3) is 0 Å². The number of hydrogen-bond acceptors (Lipinski definition) is 4. The lowest BCUT2D eigenvalue weighted by Crippen LogP contribution is -2.38. The van der Waals surface area contributed by atoms with Crippen molar-refractivity contribution in [3.63, 3.8) is 0 Å². The highest BCUT2D eigenvalue weighted by atomic mass is 16.5. The van der Waals surface area contributed by atoms with Gasteiger partial charge in [0.1, 0.15) is 5.75 Å². The van der Waals surface area contributed by atoms with E-state index < -0.39 is 0 Å². The summed E-state index contributed by atoms with van der Waals surface area (Å²) in [6.07, 6.45) is 3.05. The first kappa shape index (κ1) is 16.0. The van der Waals surface area contributed by atoms with Crippen LogP contribution in [0.4, 0.5) is 0 Å². The number of benzene rings is 1.